The van der Waals surface area contributed by atoms with Crippen LogP contribution in [0.3, 0.4) is 0 Å². The number of pyridine rings is 1. The molecule has 17 heavy (non-hydrogen) atoms. The minimum atomic E-state index is -0.579. The number of rotatable bonds is 2. The van der Waals surface area contributed by atoms with E-state index in [0.29, 0.717) is 22.9 Å². The van der Waals surface area contributed by atoms with Crippen LogP contribution in [-0.4, -0.2) is 28.9 Å². The van der Waals surface area contributed by atoms with Crippen molar-refractivity contribution in [2.24, 2.45) is 7.05 Å². The second-order valence-electron chi connectivity index (χ2n) is 3.49. The summed E-state index contributed by atoms with van der Waals surface area (Å²) in [6, 6.07) is 0. The van der Waals surface area contributed by atoms with Crippen LogP contribution in [-0.2, 0) is 11.8 Å². The zero-order chi connectivity index (χ0) is 12.6. The molecule has 0 aliphatic heterocycles. The third-order valence-corrected chi connectivity index (χ3v) is 2.88. The van der Waals surface area contributed by atoms with Crippen LogP contribution in [0.25, 0.3) is 11.0 Å². The molecule has 6 heteroatoms. The lowest BCUT2D eigenvalue weighted by atomic mass is 10.2. The maximum Gasteiger partial charge on any atom is 0.340 e. The molecule has 0 aliphatic rings. The van der Waals surface area contributed by atoms with Crippen LogP contribution in [0, 0.1) is 0 Å². The second-order valence-corrected chi connectivity index (χ2v) is 3.87. The number of carbonyl (C=O) groups excluding carboxylic acids is 2. The molecule has 0 saturated heterocycles. The van der Waals surface area contributed by atoms with Crippen LogP contribution in [0.5, 0.6) is 0 Å². The molecule has 2 rings (SSSR count). The number of halogens is 1. The van der Waals surface area contributed by atoms with E-state index in [1.54, 1.807) is 17.8 Å². The number of hydrogen-bond acceptors (Lipinski definition) is 4. The number of hydrogen-bond donors (Lipinski definition) is 0. The van der Waals surface area contributed by atoms with E-state index < -0.39 is 5.97 Å². The molecule has 0 N–H and O–H groups in total. The molecule has 0 fully saturated rings. The van der Waals surface area contributed by atoms with Gasteiger partial charge in [-0.1, -0.05) is 11.6 Å². The average molecular weight is 253 g/mol. The summed E-state index contributed by atoms with van der Waals surface area (Å²) >= 11 is 6.10. The van der Waals surface area contributed by atoms with E-state index in [1.165, 1.54) is 13.3 Å². The Kier molecular flexibility index (Phi) is 2.85. The molecule has 0 amide bonds. The highest BCUT2D eigenvalue weighted by Gasteiger charge is 2.18. The van der Waals surface area contributed by atoms with Gasteiger partial charge in [-0.3, -0.25) is 4.79 Å². The number of ether oxygens (including phenoxy) is 1. The van der Waals surface area contributed by atoms with E-state index in [1.807, 2.05) is 0 Å². The van der Waals surface area contributed by atoms with Gasteiger partial charge >= 0.3 is 5.97 Å². The molecule has 0 aromatic carbocycles. The number of aldehydes is 1. The Morgan fingerprint density at radius 3 is 2.88 bits per heavy atom. The van der Waals surface area contributed by atoms with Crippen LogP contribution in [0.2, 0.25) is 5.02 Å². The Bertz CT molecular complexity index is 619. The first kappa shape index (κ1) is 11.6. The molecule has 0 saturated carbocycles. The molecular formula is C11H9ClN2O3. The van der Waals surface area contributed by atoms with Crippen molar-refractivity contribution < 1.29 is 14.3 Å². The van der Waals surface area contributed by atoms with Crippen molar-refractivity contribution in [3.8, 4) is 0 Å². The molecule has 0 unspecified atom stereocenters. The zero-order valence-electron chi connectivity index (χ0n) is 9.23. The Balaban J connectivity index is 2.82. The number of methoxy groups -OCH3 is 1. The standard InChI is InChI=1S/C11H9ClN2O3/c1-14-4-6(5-15)8-9(12)7(11(16)17-2)3-13-10(8)14/h3-5H,1-2H3. The minimum Gasteiger partial charge on any atom is -0.465 e. The SMILES string of the molecule is COC(=O)c1cnc2c(c(C=O)cn2C)c1Cl. The summed E-state index contributed by atoms with van der Waals surface area (Å²) < 4.78 is 6.26. The Hall–Kier alpha value is -1.88. The van der Waals surface area contributed by atoms with Gasteiger partial charge in [0, 0.05) is 30.4 Å². The maximum absolute atomic E-state index is 11.4. The molecule has 0 radical (unpaired) electrons. The van der Waals surface area contributed by atoms with Crippen molar-refractivity contribution in [3.05, 3.63) is 28.5 Å². The van der Waals surface area contributed by atoms with Crippen LogP contribution in [0.15, 0.2) is 12.4 Å². The maximum atomic E-state index is 11.4. The summed E-state index contributed by atoms with van der Waals surface area (Å²) in [4.78, 5) is 26.5. The third-order valence-electron chi connectivity index (χ3n) is 2.48. The van der Waals surface area contributed by atoms with E-state index >= 15 is 0 Å². The molecule has 2 aromatic heterocycles. The van der Waals surface area contributed by atoms with Crippen molar-refractivity contribution in [3.63, 3.8) is 0 Å². The largest absolute Gasteiger partial charge is 0.465 e. The topological polar surface area (TPSA) is 61.2 Å². The molecule has 5 nitrogen and oxygen atoms in total. The first-order valence-corrected chi connectivity index (χ1v) is 5.15. The lowest BCUT2D eigenvalue weighted by Gasteiger charge is -2.03. The van der Waals surface area contributed by atoms with Crippen molar-refractivity contribution in [2.45, 2.75) is 0 Å². The van der Waals surface area contributed by atoms with E-state index in [4.69, 9.17) is 11.6 Å². The van der Waals surface area contributed by atoms with Crippen molar-refractivity contribution in [1.82, 2.24) is 9.55 Å². The number of nitrogens with zero attached hydrogens (tertiary/aromatic N) is 2. The Morgan fingerprint density at radius 2 is 2.29 bits per heavy atom. The number of carbonyl (C=O) groups is 2. The quantitative estimate of drug-likeness (QED) is 0.604. The number of esters is 1. The molecule has 0 atom stereocenters. The van der Waals surface area contributed by atoms with E-state index in [9.17, 15) is 9.59 Å². The smallest absolute Gasteiger partial charge is 0.340 e. The molecule has 2 heterocycles. The zero-order valence-corrected chi connectivity index (χ0v) is 9.99. The van der Waals surface area contributed by atoms with Gasteiger partial charge in [0.2, 0.25) is 0 Å². The van der Waals surface area contributed by atoms with Gasteiger partial charge in [-0.2, -0.15) is 0 Å². The van der Waals surface area contributed by atoms with E-state index in [0.717, 1.165) is 0 Å². The minimum absolute atomic E-state index is 0.149. The van der Waals surface area contributed by atoms with Gasteiger partial charge in [-0.15, -0.1) is 0 Å². The summed E-state index contributed by atoms with van der Waals surface area (Å²) in [6.07, 6.45) is 3.62. The van der Waals surface area contributed by atoms with Gasteiger partial charge in [-0.25, -0.2) is 9.78 Å². The fourth-order valence-electron chi connectivity index (χ4n) is 1.68. The predicted molar refractivity (Wildman–Crippen MR) is 62.5 cm³/mol. The molecule has 88 valence electrons. The summed E-state index contributed by atoms with van der Waals surface area (Å²) in [6.45, 7) is 0. The number of aromatic nitrogens is 2. The van der Waals surface area contributed by atoms with Crippen LogP contribution in [0.4, 0.5) is 0 Å². The van der Waals surface area contributed by atoms with Crippen molar-refractivity contribution >= 4 is 34.9 Å². The van der Waals surface area contributed by atoms with Crippen molar-refractivity contribution in [1.29, 1.82) is 0 Å². The molecule has 0 spiro atoms. The lowest BCUT2D eigenvalue weighted by Crippen LogP contribution is -2.03. The van der Waals surface area contributed by atoms with E-state index in [2.05, 4.69) is 9.72 Å². The first-order valence-electron chi connectivity index (χ1n) is 4.77. The molecule has 0 aliphatic carbocycles. The third kappa shape index (κ3) is 1.68. The Morgan fingerprint density at radius 1 is 1.59 bits per heavy atom. The van der Waals surface area contributed by atoms with Crippen molar-refractivity contribution in [2.75, 3.05) is 7.11 Å². The molecule has 0 bridgehead atoms. The van der Waals surface area contributed by atoms with Crippen LogP contribution >= 0.6 is 11.6 Å². The highest BCUT2D eigenvalue weighted by molar-refractivity contribution is 6.39. The van der Waals surface area contributed by atoms with E-state index in [-0.39, 0.29) is 10.6 Å². The summed E-state index contributed by atoms with van der Waals surface area (Å²) in [5.41, 5.74) is 1.09. The van der Waals surface area contributed by atoms with Gasteiger partial charge in [0.15, 0.2) is 6.29 Å². The fraction of sp³-hybridized carbons (Fsp3) is 0.182. The Labute approximate surface area is 102 Å². The summed E-state index contributed by atoms with van der Waals surface area (Å²) in [5, 5.41) is 0.650. The first-order chi connectivity index (χ1) is 8.10. The van der Waals surface area contributed by atoms with Gasteiger partial charge < -0.3 is 9.30 Å². The van der Waals surface area contributed by atoms with Gasteiger partial charge in [-0.05, 0) is 0 Å². The molecule has 2 aromatic rings. The second kappa shape index (κ2) is 4.18. The van der Waals surface area contributed by atoms with Crippen LogP contribution in [0.1, 0.15) is 20.7 Å². The number of fused-ring (bicyclic) bond motifs is 1. The lowest BCUT2D eigenvalue weighted by molar-refractivity contribution is 0.0600. The highest BCUT2D eigenvalue weighted by atomic mass is 35.5. The summed E-state index contributed by atoms with van der Waals surface area (Å²) in [7, 11) is 3.00. The fourth-order valence-corrected chi connectivity index (χ4v) is 2.00. The van der Waals surface area contributed by atoms with Crippen LogP contribution < -0.4 is 0 Å². The monoisotopic (exact) mass is 252 g/mol. The predicted octanol–water partition coefficient (Wildman–Crippen LogP) is 1.83. The highest BCUT2D eigenvalue weighted by Crippen LogP contribution is 2.29. The summed E-state index contributed by atoms with van der Waals surface area (Å²) in [5.74, 6) is -0.579. The normalized spacial score (nSPS) is 10.5. The molecular weight excluding hydrogens is 244 g/mol. The number of aryl methyl sites for hydroxylation is 1. The van der Waals surface area contributed by atoms with Gasteiger partial charge in [0.1, 0.15) is 5.65 Å². The van der Waals surface area contributed by atoms with Gasteiger partial charge in [0.25, 0.3) is 0 Å². The average Bonchev–Trinajstić information content (AvgIpc) is 2.66. The van der Waals surface area contributed by atoms with Gasteiger partial charge in [0.05, 0.1) is 17.7 Å².